The molecule has 1 saturated heterocycles. The van der Waals surface area contributed by atoms with E-state index in [2.05, 4.69) is 17.1 Å². The second-order valence-corrected chi connectivity index (χ2v) is 8.27. The molecule has 0 atom stereocenters. The van der Waals surface area contributed by atoms with E-state index in [4.69, 9.17) is 4.74 Å². The Labute approximate surface area is 142 Å². The quantitative estimate of drug-likeness (QED) is 0.855. The molecule has 2 aliphatic rings. The fourth-order valence-corrected chi connectivity index (χ4v) is 4.85. The number of hydrogen-bond acceptors (Lipinski definition) is 4. The number of rotatable bonds is 4. The van der Waals surface area contributed by atoms with Crippen LogP contribution >= 0.6 is 0 Å². The molecule has 0 N–H and O–H groups in total. The lowest BCUT2D eigenvalue weighted by molar-refractivity contribution is 0.459. The van der Waals surface area contributed by atoms with E-state index in [0.717, 1.165) is 31.4 Å². The Kier molecular flexibility index (Phi) is 4.02. The highest BCUT2D eigenvalue weighted by Gasteiger charge is 2.27. The molecule has 1 aliphatic heterocycles. The van der Waals surface area contributed by atoms with E-state index in [1.54, 1.807) is 12.1 Å². The minimum atomic E-state index is -3.42. The van der Waals surface area contributed by atoms with Gasteiger partial charge in [-0.15, -0.1) is 0 Å². The Hall–Kier alpha value is -1.92. The number of fused-ring (bicyclic) bond motifs is 1. The summed E-state index contributed by atoms with van der Waals surface area (Å²) in [5.74, 6) is 1.16. The highest BCUT2D eigenvalue weighted by molar-refractivity contribution is 7.89. The third-order valence-corrected chi connectivity index (χ3v) is 6.59. The maximum absolute atomic E-state index is 12.5. The van der Waals surface area contributed by atoms with Crippen molar-refractivity contribution in [1.29, 1.82) is 0 Å². The molecule has 1 fully saturated rings. The van der Waals surface area contributed by atoms with Gasteiger partial charge in [0.05, 0.1) is 6.20 Å². The van der Waals surface area contributed by atoms with Crippen molar-refractivity contribution in [1.82, 2.24) is 9.29 Å². The van der Waals surface area contributed by atoms with Crippen molar-refractivity contribution in [3.63, 3.8) is 0 Å². The molecule has 1 aliphatic carbocycles. The van der Waals surface area contributed by atoms with E-state index in [1.165, 1.54) is 28.0 Å². The zero-order chi connectivity index (χ0) is 16.6. The van der Waals surface area contributed by atoms with Crippen molar-refractivity contribution in [3.05, 3.63) is 47.7 Å². The molecule has 2 aromatic rings. The molecule has 0 bridgehead atoms. The van der Waals surface area contributed by atoms with Gasteiger partial charge in [-0.25, -0.2) is 13.4 Å². The third kappa shape index (κ3) is 2.91. The summed E-state index contributed by atoms with van der Waals surface area (Å²) in [6, 6.07) is 9.29. The summed E-state index contributed by atoms with van der Waals surface area (Å²) >= 11 is 0. The molecule has 0 spiro atoms. The highest BCUT2D eigenvalue weighted by Crippen LogP contribution is 2.29. The largest absolute Gasteiger partial charge is 0.439 e. The molecule has 4 rings (SSSR count). The first-order chi connectivity index (χ1) is 11.6. The average molecular weight is 344 g/mol. The van der Waals surface area contributed by atoms with Gasteiger partial charge in [0.15, 0.2) is 0 Å². The first kappa shape index (κ1) is 15.6. The summed E-state index contributed by atoms with van der Waals surface area (Å²) in [5.41, 5.74) is 2.73. The number of aryl methyl sites for hydroxylation is 2. The van der Waals surface area contributed by atoms with Crippen LogP contribution in [0.2, 0.25) is 0 Å². The lowest BCUT2D eigenvalue weighted by Crippen LogP contribution is -2.27. The summed E-state index contributed by atoms with van der Waals surface area (Å²) in [5, 5.41) is 0. The van der Waals surface area contributed by atoms with Crippen LogP contribution in [0.5, 0.6) is 11.6 Å². The lowest BCUT2D eigenvalue weighted by atomic mass is 10.1. The van der Waals surface area contributed by atoms with Gasteiger partial charge in [0.1, 0.15) is 10.6 Å². The predicted octanol–water partition coefficient (Wildman–Crippen LogP) is 3.15. The van der Waals surface area contributed by atoms with Crippen LogP contribution < -0.4 is 4.74 Å². The monoisotopic (exact) mass is 344 g/mol. The van der Waals surface area contributed by atoms with Crippen LogP contribution in [0.3, 0.4) is 0 Å². The van der Waals surface area contributed by atoms with Crippen LogP contribution in [-0.4, -0.2) is 30.8 Å². The van der Waals surface area contributed by atoms with Gasteiger partial charge in [-0.1, -0.05) is 6.07 Å². The van der Waals surface area contributed by atoms with Gasteiger partial charge in [-0.2, -0.15) is 4.31 Å². The minimum absolute atomic E-state index is 0.228. The maximum Gasteiger partial charge on any atom is 0.244 e. The van der Waals surface area contributed by atoms with Gasteiger partial charge in [0.2, 0.25) is 15.9 Å². The highest BCUT2D eigenvalue weighted by atomic mass is 32.2. The van der Waals surface area contributed by atoms with Gasteiger partial charge >= 0.3 is 0 Å². The van der Waals surface area contributed by atoms with Crippen molar-refractivity contribution in [3.8, 4) is 11.6 Å². The Morgan fingerprint density at radius 2 is 1.75 bits per heavy atom. The molecule has 6 heteroatoms. The Bertz CT molecular complexity index is 841. The van der Waals surface area contributed by atoms with Crippen molar-refractivity contribution in [2.45, 2.75) is 37.0 Å². The first-order valence-electron chi connectivity index (χ1n) is 8.39. The number of pyridine rings is 1. The molecular formula is C18H20N2O3S. The van der Waals surface area contributed by atoms with Crippen LogP contribution in [0.25, 0.3) is 0 Å². The maximum atomic E-state index is 12.5. The molecule has 24 heavy (non-hydrogen) atoms. The summed E-state index contributed by atoms with van der Waals surface area (Å²) in [6.07, 6.45) is 6.65. The van der Waals surface area contributed by atoms with Crippen LogP contribution in [0, 0.1) is 0 Å². The van der Waals surface area contributed by atoms with Crippen molar-refractivity contribution in [2.75, 3.05) is 13.1 Å². The van der Waals surface area contributed by atoms with Crippen LogP contribution in [-0.2, 0) is 22.9 Å². The fourth-order valence-electron chi connectivity index (χ4n) is 3.39. The lowest BCUT2D eigenvalue weighted by Gasteiger charge is -2.15. The van der Waals surface area contributed by atoms with E-state index in [9.17, 15) is 8.42 Å². The zero-order valence-corrected chi connectivity index (χ0v) is 14.3. The van der Waals surface area contributed by atoms with E-state index in [0.29, 0.717) is 19.0 Å². The van der Waals surface area contributed by atoms with Gasteiger partial charge in [-0.3, -0.25) is 0 Å². The summed E-state index contributed by atoms with van der Waals surface area (Å²) in [7, 11) is -3.42. The number of sulfonamides is 1. The van der Waals surface area contributed by atoms with Crippen molar-refractivity contribution in [2.24, 2.45) is 0 Å². The van der Waals surface area contributed by atoms with Crippen LogP contribution in [0.4, 0.5) is 0 Å². The molecule has 1 aromatic carbocycles. The fraction of sp³-hybridized carbons (Fsp3) is 0.389. The molecule has 0 radical (unpaired) electrons. The molecule has 126 valence electrons. The summed E-state index contributed by atoms with van der Waals surface area (Å²) in [6.45, 7) is 1.19. The summed E-state index contributed by atoms with van der Waals surface area (Å²) < 4.78 is 32.3. The van der Waals surface area contributed by atoms with E-state index in [-0.39, 0.29) is 4.90 Å². The molecule has 1 aromatic heterocycles. The van der Waals surface area contributed by atoms with Gasteiger partial charge in [0.25, 0.3) is 0 Å². The topological polar surface area (TPSA) is 59.5 Å². The average Bonchev–Trinajstić information content (AvgIpc) is 3.27. The first-order valence-corrected chi connectivity index (χ1v) is 9.83. The molecule has 5 nitrogen and oxygen atoms in total. The SMILES string of the molecule is O=S(=O)(c1ccc(Oc2ccc3c(c2)CCC3)nc1)N1CCCC1. The van der Waals surface area contributed by atoms with Gasteiger partial charge in [0, 0.05) is 19.2 Å². The number of aromatic nitrogens is 1. The van der Waals surface area contributed by atoms with Crippen LogP contribution in [0.15, 0.2) is 41.4 Å². The number of nitrogens with zero attached hydrogens (tertiary/aromatic N) is 2. The summed E-state index contributed by atoms with van der Waals surface area (Å²) in [4.78, 5) is 4.40. The van der Waals surface area contributed by atoms with E-state index < -0.39 is 10.0 Å². The molecule has 0 amide bonds. The second kappa shape index (κ2) is 6.18. The molecule has 2 heterocycles. The normalized spacial score (nSPS) is 17.8. The van der Waals surface area contributed by atoms with Crippen molar-refractivity contribution < 1.29 is 13.2 Å². The Morgan fingerprint density at radius 1 is 0.958 bits per heavy atom. The number of benzene rings is 1. The predicted molar refractivity (Wildman–Crippen MR) is 90.8 cm³/mol. The third-order valence-electron chi connectivity index (χ3n) is 4.70. The van der Waals surface area contributed by atoms with Crippen molar-refractivity contribution >= 4 is 10.0 Å². The van der Waals surface area contributed by atoms with Gasteiger partial charge < -0.3 is 4.74 Å². The number of hydrogen-bond donors (Lipinski definition) is 0. The van der Waals surface area contributed by atoms with Crippen LogP contribution in [0.1, 0.15) is 30.4 Å². The molecular weight excluding hydrogens is 324 g/mol. The molecule has 0 unspecified atom stereocenters. The molecule has 0 saturated carbocycles. The minimum Gasteiger partial charge on any atom is -0.439 e. The van der Waals surface area contributed by atoms with E-state index in [1.807, 2.05) is 6.07 Å². The smallest absolute Gasteiger partial charge is 0.244 e. The van der Waals surface area contributed by atoms with Gasteiger partial charge in [-0.05, 0) is 61.4 Å². The standard InChI is InChI=1S/C18H20N2O3S/c21-24(22,20-10-1-2-11-20)17-8-9-18(19-13-17)23-16-7-6-14-4-3-5-15(14)12-16/h6-9,12-13H,1-5,10-11H2. The second-order valence-electron chi connectivity index (χ2n) is 6.33. The Balaban J connectivity index is 1.51. The Morgan fingerprint density at radius 3 is 2.50 bits per heavy atom. The zero-order valence-electron chi connectivity index (χ0n) is 13.4. The van der Waals surface area contributed by atoms with E-state index >= 15 is 0 Å². The number of ether oxygens (including phenoxy) is 1.